The Labute approximate surface area is 93.0 Å². The van der Waals surface area contributed by atoms with E-state index in [0.29, 0.717) is 0 Å². The van der Waals surface area contributed by atoms with Crippen molar-refractivity contribution in [3.05, 3.63) is 24.3 Å². The van der Waals surface area contributed by atoms with Crippen molar-refractivity contribution >= 4 is 19.2 Å². The molecule has 92 valence electrons. The Morgan fingerprint density at radius 3 is 2.06 bits per heavy atom. The van der Waals surface area contributed by atoms with E-state index in [1.807, 2.05) is 0 Å². The molecule has 0 spiro atoms. The Morgan fingerprint density at radius 2 is 1.81 bits per heavy atom. The van der Waals surface area contributed by atoms with Gasteiger partial charge in [0.1, 0.15) is 0 Å². The summed E-state index contributed by atoms with van der Waals surface area (Å²) in [5.74, 6) is -0.846. The number of aromatic hydroxyl groups is 1. The predicted octanol–water partition coefficient (Wildman–Crippen LogP) is -0.0297. The molecule has 0 aliphatic rings. The van der Waals surface area contributed by atoms with Gasteiger partial charge in [0, 0.05) is 6.42 Å². The van der Waals surface area contributed by atoms with Crippen molar-refractivity contribution < 1.29 is 29.7 Å². The predicted molar refractivity (Wildman–Crippen MR) is 60.6 cm³/mol. The average Bonchev–Trinajstić information content (AvgIpc) is 2.17. The summed E-state index contributed by atoms with van der Waals surface area (Å²) >= 11 is 0. The normalized spacial score (nSPS) is 11.2. The summed E-state index contributed by atoms with van der Waals surface area (Å²) in [7, 11) is -4.22. The summed E-state index contributed by atoms with van der Waals surface area (Å²) in [6, 6.07) is 5.26. The standard InChI is InChI=1S/C6H9O4P.C3H6O2/c7-5-2-1-3-6(4-5)11(8,9)10;1-2-3(4)5/h1-4,7-11H;2H2,1H3,(H,4,5). The molecular formula is C9H15O6P. The van der Waals surface area contributed by atoms with Crippen LogP contribution in [0.5, 0.6) is 5.75 Å². The maximum absolute atomic E-state index is 9.37. The van der Waals surface area contributed by atoms with Crippen LogP contribution in [0.15, 0.2) is 24.3 Å². The van der Waals surface area contributed by atoms with E-state index in [1.54, 1.807) is 6.92 Å². The van der Waals surface area contributed by atoms with Gasteiger partial charge in [-0.05, 0) is 0 Å². The first-order chi connectivity index (χ1) is 7.27. The van der Waals surface area contributed by atoms with E-state index in [1.165, 1.54) is 18.2 Å². The zero-order chi connectivity index (χ0) is 12.8. The Morgan fingerprint density at radius 1 is 1.31 bits per heavy atom. The second-order valence-corrected chi connectivity index (χ2v) is 4.78. The SMILES string of the molecule is CCC(=O)O.Oc1cccc([PH](O)(O)O)c1. The van der Waals surface area contributed by atoms with Gasteiger partial charge in [0.05, 0.1) is 0 Å². The van der Waals surface area contributed by atoms with Gasteiger partial charge in [0.25, 0.3) is 0 Å². The van der Waals surface area contributed by atoms with Gasteiger partial charge in [0.15, 0.2) is 0 Å². The first-order valence-corrected chi connectivity index (χ1v) is 6.30. The van der Waals surface area contributed by atoms with E-state index in [0.717, 1.165) is 6.07 Å². The Kier molecular flexibility index (Phi) is 5.92. The van der Waals surface area contributed by atoms with E-state index in [9.17, 15) is 4.79 Å². The van der Waals surface area contributed by atoms with Crippen molar-refractivity contribution in [1.29, 1.82) is 0 Å². The molecule has 6 nitrogen and oxygen atoms in total. The van der Waals surface area contributed by atoms with E-state index >= 15 is 0 Å². The summed E-state index contributed by atoms with van der Waals surface area (Å²) in [6.07, 6.45) is 0.222. The molecule has 1 rings (SSSR count). The van der Waals surface area contributed by atoms with Crippen LogP contribution in [0.25, 0.3) is 0 Å². The van der Waals surface area contributed by atoms with Crippen molar-refractivity contribution in [2.24, 2.45) is 0 Å². The summed E-state index contributed by atoms with van der Waals surface area (Å²) in [5.41, 5.74) is 0. The second-order valence-electron chi connectivity index (χ2n) is 2.93. The molecule has 0 aliphatic heterocycles. The van der Waals surface area contributed by atoms with Gasteiger partial charge < -0.3 is 5.11 Å². The molecule has 0 saturated heterocycles. The maximum atomic E-state index is 9.37. The summed E-state index contributed by atoms with van der Waals surface area (Å²) < 4.78 is 0. The number of rotatable bonds is 2. The molecule has 0 aromatic heterocycles. The van der Waals surface area contributed by atoms with Crippen LogP contribution in [0, 0.1) is 0 Å². The first-order valence-electron chi connectivity index (χ1n) is 4.45. The third-order valence-electron chi connectivity index (χ3n) is 1.54. The molecule has 1 aromatic rings. The van der Waals surface area contributed by atoms with E-state index in [4.69, 9.17) is 24.9 Å². The molecule has 1 aromatic carbocycles. The monoisotopic (exact) mass is 250 g/mol. The van der Waals surface area contributed by atoms with Crippen LogP contribution in [0.3, 0.4) is 0 Å². The summed E-state index contributed by atoms with van der Waals surface area (Å²) in [5, 5.41) is 16.6. The molecular weight excluding hydrogens is 235 g/mol. The molecule has 16 heavy (non-hydrogen) atoms. The number of benzene rings is 1. The molecule has 0 fully saturated rings. The fraction of sp³-hybridized carbons (Fsp3) is 0.222. The van der Waals surface area contributed by atoms with Gasteiger partial charge in [-0.1, -0.05) is 6.92 Å². The zero-order valence-electron chi connectivity index (χ0n) is 8.66. The van der Waals surface area contributed by atoms with Crippen LogP contribution < -0.4 is 5.30 Å². The minimum atomic E-state index is -4.22. The molecule has 0 saturated carbocycles. The van der Waals surface area contributed by atoms with Gasteiger partial charge in [0.2, 0.25) is 0 Å². The quantitative estimate of drug-likeness (QED) is 0.470. The molecule has 0 heterocycles. The number of carbonyl (C=O) groups is 1. The van der Waals surface area contributed by atoms with Gasteiger partial charge in [-0.15, -0.1) is 0 Å². The van der Waals surface area contributed by atoms with Gasteiger partial charge in [-0.2, -0.15) is 0 Å². The third-order valence-corrected chi connectivity index (χ3v) is 2.62. The van der Waals surface area contributed by atoms with Crippen molar-refractivity contribution in [2.75, 3.05) is 0 Å². The number of phenols is 1. The number of phenolic OH excluding ortho intramolecular Hbond substituents is 1. The van der Waals surface area contributed by atoms with Crippen LogP contribution in [-0.2, 0) is 4.79 Å². The molecule has 0 unspecified atom stereocenters. The number of aliphatic carboxylic acids is 1. The average molecular weight is 250 g/mol. The van der Waals surface area contributed by atoms with Crippen molar-refractivity contribution in [3.63, 3.8) is 0 Å². The van der Waals surface area contributed by atoms with Crippen LogP contribution >= 0.6 is 7.94 Å². The number of carboxylic acids is 1. The van der Waals surface area contributed by atoms with Crippen molar-refractivity contribution in [1.82, 2.24) is 0 Å². The van der Waals surface area contributed by atoms with E-state index in [-0.39, 0.29) is 17.5 Å². The molecule has 5 N–H and O–H groups in total. The zero-order valence-corrected chi connectivity index (χ0v) is 9.66. The second kappa shape index (κ2) is 6.40. The molecule has 0 aliphatic carbocycles. The number of carboxylic acid groups (broad SMARTS) is 1. The fourth-order valence-corrected chi connectivity index (χ4v) is 1.38. The molecule has 0 atom stereocenters. The molecule has 7 heteroatoms. The Hall–Kier alpha value is -1.20. The summed E-state index contributed by atoms with van der Waals surface area (Å²) in [6.45, 7) is 1.60. The van der Waals surface area contributed by atoms with Crippen molar-refractivity contribution in [2.45, 2.75) is 13.3 Å². The molecule has 0 amide bonds. The first kappa shape index (κ1) is 14.8. The van der Waals surface area contributed by atoms with Crippen LogP contribution in [0.2, 0.25) is 0 Å². The van der Waals surface area contributed by atoms with Crippen molar-refractivity contribution in [3.8, 4) is 5.75 Å². The molecule has 0 bridgehead atoms. The van der Waals surface area contributed by atoms with Gasteiger partial charge in [-0.3, -0.25) is 4.79 Å². The Balaban J connectivity index is 0.000000385. The summed E-state index contributed by atoms with van der Waals surface area (Å²) in [4.78, 5) is 35.6. The van der Waals surface area contributed by atoms with Crippen LogP contribution in [-0.4, -0.2) is 30.9 Å². The minimum absolute atomic E-state index is 0.0301. The fourth-order valence-electron chi connectivity index (χ4n) is 0.715. The van der Waals surface area contributed by atoms with Gasteiger partial charge >= 0.3 is 69.0 Å². The number of hydrogen-bond donors (Lipinski definition) is 5. The molecule has 0 radical (unpaired) electrons. The Bertz CT molecular complexity index is 346. The van der Waals surface area contributed by atoms with E-state index in [2.05, 4.69) is 0 Å². The topological polar surface area (TPSA) is 118 Å². The van der Waals surface area contributed by atoms with Crippen LogP contribution in [0.4, 0.5) is 0 Å². The van der Waals surface area contributed by atoms with E-state index < -0.39 is 13.9 Å². The van der Waals surface area contributed by atoms with Gasteiger partial charge in [-0.25, -0.2) is 0 Å². The third kappa shape index (κ3) is 6.31. The number of hydrogen-bond acceptors (Lipinski definition) is 5. The van der Waals surface area contributed by atoms with Crippen LogP contribution in [0.1, 0.15) is 13.3 Å².